The van der Waals surface area contributed by atoms with E-state index < -0.39 is 22.8 Å². The lowest BCUT2D eigenvalue weighted by atomic mass is 9.33. The Labute approximate surface area is 336 Å². The van der Waals surface area contributed by atoms with Gasteiger partial charge in [-0.05, 0) is 122 Å². The molecule has 0 amide bonds. The highest BCUT2D eigenvalue weighted by atomic mass is 35.5. The summed E-state index contributed by atoms with van der Waals surface area (Å²) >= 11 is 7.16. The van der Waals surface area contributed by atoms with Gasteiger partial charge in [0.1, 0.15) is 11.1 Å². The number of carbonyl (C=O) groups excluding carboxylic acids is 2. The van der Waals surface area contributed by atoms with E-state index in [1.165, 1.54) is 5.57 Å². The van der Waals surface area contributed by atoms with Gasteiger partial charge in [-0.2, -0.15) is 0 Å². The van der Waals surface area contributed by atoms with Gasteiger partial charge in [-0.3, -0.25) is 23.9 Å². The Bertz CT molecular complexity index is 2060. The molecule has 0 saturated heterocycles. The van der Waals surface area contributed by atoms with Gasteiger partial charge in [0.2, 0.25) is 5.88 Å². The zero-order chi connectivity index (χ0) is 41.1. The summed E-state index contributed by atoms with van der Waals surface area (Å²) < 4.78 is 14.9. The van der Waals surface area contributed by atoms with Crippen molar-refractivity contribution in [1.82, 2.24) is 14.3 Å². The summed E-state index contributed by atoms with van der Waals surface area (Å²) in [6.45, 7) is 19.4. The topological polar surface area (TPSA) is 130 Å². The Balaban J connectivity index is 1.25. The van der Waals surface area contributed by atoms with Gasteiger partial charge in [0, 0.05) is 30.4 Å². The molecule has 0 spiro atoms. The minimum Gasteiger partial charge on any atom is -0.481 e. The molecule has 0 unspecified atom stereocenters. The Morgan fingerprint density at radius 2 is 1.68 bits per heavy atom. The van der Waals surface area contributed by atoms with Gasteiger partial charge >= 0.3 is 11.9 Å². The average Bonchev–Trinajstić information content (AvgIpc) is 3.54. The fourth-order valence-electron chi connectivity index (χ4n) is 13.7. The molecule has 0 aromatic carbocycles. The summed E-state index contributed by atoms with van der Waals surface area (Å²) in [4.78, 5) is 57.8. The number of ether oxygens (including phenoxy) is 2. The standard InChI is InChI=1S/C45H62ClN3O7/c1-25(2)34-28(50)22-45(37-36(46)38(52)49(48(37)10)26-12-15-32(55-11)47-24-26)21-20-43(8)27(35(34)45)13-14-30-42(7)18-17-31(56-33(51)23-40(3,4)39(53)54)41(5,6)29(42)16-19-44(30,43)9/h12,15,24-25,27,29-31H,13-14,16-23H2,1-11H3,(H,53,54)/t27-,29+,30-,31+,42+,43-,44-,45-/m1/s1. The van der Waals surface area contributed by atoms with Crippen molar-refractivity contribution in [3.63, 3.8) is 0 Å². The molecule has 5 aliphatic carbocycles. The van der Waals surface area contributed by atoms with Gasteiger partial charge in [-0.15, -0.1) is 0 Å². The third-order valence-corrected chi connectivity index (χ3v) is 17.0. The summed E-state index contributed by atoms with van der Waals surface area (Å²) in [5.41, 5.74) is 0.890. The number of methoxy groups -OCH3 is 1. The fraction of sp³-hybridized carbons (Fsp3) is 0.711. The highest BCUT2D eigenvalue weighted by Crippen LogP contribution is 2.77. The molecule has 56 heavy (non-hydrogen) atoms. The molecule has 306 valence electrons. The molecule has 0 radical (unpaired) electrons. The SMILES string of the molecule is COc1ccc(-n2c(=O)c(Cl)c([C@@]34CC[C@]5(C)[C@H](CC[C@@H]6[C@@]7(C)CC[C@H](OC(=O)CC(C)(C)C(=O)O)C(C)(C)[C@@H]7CC[C@]65C)C3=C(C(C)C)C(=O)C4)n2C)cn1. The summed E-state index contributed by atoms with van der Waals surface area (Å²) in [6, 6.07) is 3.53. The van der Waals surface area contributed by atoms with E-state index in [1.807, 2.05) is 11.7 Å². The molecule has 2 heterocycles. The smallest absolute Gasteiger partial charge is 0.309 e. The van der Waals surface area contributed by atoms with Crippen LogP contribution in [-0.2, 0) is 31.6 Å². The van der Waals surface area contributed by atoms with Crippen LogP contribution in [0.2, 0.25) is 5.02 Å². The maximum atomic E-state index is 14.4. The number of aromatic nitrogens is 3. The normalized spacial score (nSPS) is 35.1. The summed E-state index contributed by atoms with van der Waals surface area (Å²) in [6.07, 6.45) is 8.86. The zero-order valence-corrected chi connectivity index (χ0v) is 36.1. The first kappa shape index (κ1) is 40.8. The van der Waals surface area contributed by atoms with E-state index in [1.54, 1.807) is 44.0 Å². The number of pyridine rings is 1. The van der Waals surface area contributed by atoms with E-state index in [0.29, 0.717) is 29.8 Å². The molecule has 1 N–H and O–H groups in total. The number of Topliss-reactive ketones (excluding diaryl/α,β-unsaturated/α-hetero) is 1. The molecule has 7 rings (SSSR count). The Morgan fingerprint density at radius 1 is 0.982 bits per heavy atom. The van der Waals surface area contributed by atoms with Crippen LogP contribution >= 0.6 is 11.6 Å². The van der Waals surface area contributed by atoms with Crippen LogP contribution in [0.1, 0.15) is 132 Å². The lowest BCUT2D eigenvalue weighted by Crippen LogP contribution is -2.66. The molecule has 8 atom stereocenters. The Morgan fingerprint density at radius 3 is 2.29 bits per heavy atom. The van der Waals surface area contributed by atoms with Crippen molar-refractivity contribution in [2.75, 3.05) is 7.11 Å². The van der Waals surface area contributed by atoms with Crippen LogP contribution in [-0.4, -0.2) is 50.4 Å². The van der Waals surface area contributed by atoms with Crippen molar-refractivity contribution < 1.29 is 29.0 Å². The quantitative estimate of drug-likeness (QED) is 0.263. The molecular formula is C45H62ClN3O7. The minimum atomic E-state index is -1.19. The van der Waals surface area contributed by atoms with Crippen molar-refractivity contribution in [2.24, 2.45) is 57.8 Å². The zero-order valence-electron chi connectivity index (χ0n) is 35.3. The van der Waals surface area contributed by atoms with E-state index >= 15 is 0 Å². The van der Waals surface area contributed by atoms with Gasteiger partial charge in [0.05, 0.1) is 36.5 Å². The highest BCUT2D eigenvalue weighted by molar-refractivity contribution is 6.31. The molecule has 2 aromatic heterocycles. The summed E-state index contributed by atoms with van der Waals surface area (Å²) in [5, 5.41) is 9.81. The Hall–Kier alpha value is -3.40. The van der Waals surface area contributed by atoms with E-state index in [-0.39, 0.29) is 62.4 Å². The van der Waals surface area contributed by atoms with Gasteiger partial charge in [0.15, 0.2) is 5.78 Å². The number of nitrogens with zero attached hydrogens (tertiary/aromatic N) is 3. The third kappa shape index (κ3) is 5.56. The number of ketones is 1. The fourth-order valence-corrected chi connectivity index (χ4v) is 14.1. The molecule has 5 aliphatic rings. The molecule has 10 nitrogen and oxygen atoms in total. The van der Waals surface area contributed by atoms with Gasteiger partial charge in [-0.25, -0.2) is 9.67 Å². The lowest BCUT2D eigenvalue weighted by molar-refractivity contribution is -0.232. The van der Waals surface area contributed by atoms with Crippen molar-refractivity contribution in [2.45, 2.75) is 138 Å². The maximum Gasteiger partial charge on any atom is 0.309 e. The van der Waals surface area contributed by atoms with E-state index in [0.717, 1.165) is 62.6 Å². The van der Waals surface area contributed by atoms with Gasteiger partial charge in [-0.1, -0.05) is 60.1 Å². The number of halogens is 1. The maximum absolute atomic E-state index is 14.4. The molecule has 0 bridgehead atoms. The molecule has 0 aliphatic heterocycles. The van der Waals surface area contributed by atoms with E-state index in [4.69, 9.17) is 21.1 Å². The molecule has 4 fully saturated rings. The monoisotopic (exact) mass is 791 g/mol. The number of fused-ring (bicyclic) bond motifs is 7. The second-order valence-corrected chi connectivity index (χ2v) is 20.7. The van der Waals surface area contributed by atoms with Crippen LogP contribution in [0.5, 0.6) is 5.88 Å². The third-order valence-electron chi connectivity index (χ3n) is 16.6. The average molecular weight is 792 g/mol. The summed E-state index contributed by atoms with van der Waals surface area (Å²) in [7, 11) is 3.44. The van der Waals surface area contributed by atoms with E-state index in [9.17, 15) is 24.3 Å². The van der Waals surface area contributed by atoms with Crippen molar-refractivity contribution >= 4 is 29.3 Å². The van der Waals surface area contributed by atoms with E-state index in [2.05, 4.69) is 53.5 Å². The first-order valence-corrected chi connectivity index (χ1v) is 21.1. The second-order valence-electron chi connectivity index (χ2n) is 20.3. The largest absolute Gasteiger partial charge is 0.481 e. The lowest BCUT2D eigenvalue weighted by Gasteiger charge is -2.72. The predicted molar refractivity (Wildman–Crippen MR) is 215 cm³/mol. The van der Waals surface area contributed by atoms with Crippen molar-refractivity contribution in [3.05, 3.63) is 50.5 Å². The predicted octanol–water partition coefficient (Wildman–Crippen LogP) is 8.88. The first-order chi connectivity index (χ1) is 26.0. The van der Waals surface area contributed by atoms with Crippen LogP contribution in [0.4, 0.5) is 0 Å². The van der Waals surface area contributed by atoms with Gasteiger partial charge < -0.3 is 14.6 Å². The minimum absolute atomic E-state index is 0.0137. The van der Waals surface area contributed by atoms with Crippen LogP contribution in [0.3, 0.4) is 0 Å². The van der Waals surface area contributed by atoms with Crippen LogP contribution in [0, 0.1) is 50.7 Å². The molecule has 4 saturated carbocycles. The van der Waals surface area contributed by atoms with Crippen molar-refractivity contribution in [1.29, 1.82) is 0 Å². The molecule has 11 heteroatoms. The van der Waals surface area contributed by atoms with Crippen LogP contribution in [0.15, 0.2) is 34.3 Å². The van der Waals surface area contributed by atoms with Gasteiger partial charge in [0.25, 0.3) is 5.56 Å². The summed E-state index contributed by atoms with van der Waals surface area (Å²) in [5.74, 6) is 0.124. The Kier molecular flexibility index (Phi) is 9.70. The molecule has 2 aromatic rings. The number of carbonyl (C=O) groups is 3. The highest BCUT2D eigenvalue weighted by Gasteiger charge is 2.71. The number of esters is 1. The second kappa shape index (κ2) is 13.3. The number of carboxylic acid groups (broad SMARTS) is 1. The number of hydrogen-bond donors (Lipinski definition) is 1. The first-order valence-electron chi connectivity index (χ1n) is 20.7. The van der Waals surface area contributed by atoms with Crippen molar-refractivity contribution in [3.8, 4) is 11.6 Å². The number of rotatable bonds is 8. The number of allylic oxidation sites excluding steroid dienone is 2. The number of aliphatic carboxylic acids is 1. The number of carboxylic acids is 1. The molecular weight excluding hydrogens is 730 g/mol. The van der Waals surface area contributed by atoms with Crippen LogP contribution in [0.25, 0.3) is 5.69 Å². The number of hydrogen-bond acceptors (Lipinski definition) is 7. The van der Waals surface area contributed by atoms with Crippen LogP contribution < -0.4 is 10.3 Å².